The number of carbonyl (C=O) groups excluding carboxylic acids is 1. The third kappa shape index (κ3) is 6.75. The molecule has 6 nitrogen and oxygen atoms in total. The standard InChI is InChI=1S/C14H26N2O4/c1-3-11(9-10-6-7-10)15-14(19)16-12(13(17)18)5-4-8-20-2/h10-12H,3-9H2,1-2H3,(H,17,18)(H2,15,16,19). The van der Waals surface area contributed by atoms with E-state index in [4.69, 9.17) is 9.84 Å². The predicted octanol–water partition coefficient (Wildman–Crippen LogP) is 1.74. The van der Waals surface area contributed by atoms with Crippen LogP contribution in [-0.2, 0) is 9.53 Å². The lowest BCUT2D eigenvalue weighted by Gasteiger charge is -2.20. The van der Waals surface area contributed by atoms with E-state index in [0.717, 1.165) is 18.8 Å². The van der Waals surface area contributed by atoms with Gasteiger partial charge in [0.2, 0.25) is 0 Å². The summed E-state index contributed by atoms with van der Waals surface area (Å²) in [6.07, 6.45) is 5.32. The zero-order chi connectivity index (χ0) is 15.0. The van der Waals surface area contributed by atoms with Crippen LogP contribution in [0.1, 0.15) is 45.4 Å². The fourth-order valence-electron chi connectivity index (χ4n) is 2.16. The third-order valence-electron chi connectivity index (χ3n) is 3.59. The van der Waals surface area contributed by atoms with Gasteiger partial charge in [-0.05, 0) is 31.6 Å². The molecule has 1 saturated carbocycles. The van der Waals surface area contributed by atoms with Crippen LogP contribution in [0.4, 0.5) is 4.79 Å². The van der Waals surface area contributed by atoms with Crippen LogP contribution in [0.2, 0.25) is 0 Å². The average Bonchev–Trinajstić information content (AvgIpc) is 3.20. The Morgan fingerprint density at radius 3 is 2.55 bits per heavy atom. The maximum absolute atomic E-state index is 11.8. The van der Waals surface area contributed by atoms with Crippen molar-refractivity contribution in [1.29, 1.82) is 0 Å². The third-order valence-corrected chi connectivity index (χ3v) is 3.59. The molecule has 2 amide bonds. The van der Waals surface area contributed by atoms with Gasteiger partial charge in [-0.3, -0.25) is 0 Å². The molecule has 3 N–H and O–H groups in total. The number of urea groups is 1. The quantitative estimate of drug-likeness (QED) is 0.534. The van der Waals surface area contributed by atoms with Gasteiger partial charge in [0.15, 0.2) is 0 Å². The molecule has 0 radical (unpaired) electrons. The van der Waals surface area contributed by atoms with Crippen molar-refractivity contribution in [3.63, 3.8) is 0 Å². The Kier molecular flexibility index (Phi) is 7.36. The highest BCUT2D eigenvalue weighted by Gasteiger charge is 2.26. The van der Waals surface area contributed by atoms with Crippen LogP contribution in [0.25, 0.3) is 0 Å². The summed E-state index contributed by atoms with van der Waals surface area (Å²) < 4.78 is 4.89. The number of carboxylic acid groups (broad SMARTS) is 1. The molecule has 0 heterocycles. The van der Waals surface area contributed by atoms with Crippen LogP contribution in [0, 0.1) is 5.92 Å². The first-order valence-electron chi connectivity index (χ1n) is 7.35. The molecule has 0 aromatic heterocycles. The Labute approximate surface area is 120 Å². The largest absolute Gasteiger partial charge is 0.480 e. The number of aliphatic carboxylic acids is 1. The lowest BCUT2D eigenvalue weighted by Crippen LogP contribution is -2.49. The number of hydrogen-bond donors (Lipinski definition) is 3. The molecule has 0 aromatic carbocycles. The minimum atomic E-state index is -1.01. The number of rotatable bonds is 10. The lowest BCUT2D eigenvalue weighted by atomic mass is 10.1. The van der Waals surface area contributed by atoms with Crippen molar-refractivity contribution in [1.82, 2.24) is 10.6 Å². The summed E-state index contributed by atoms with van der Waals surface area (Å²) in [7, 11) is 1.57. The van der Waals surface area contributed by atoms with Crippen molar-refractivity contribution in [3.05, 3.63) is 0 Å². The van der Waals surface area contributed by atoms with E-state index >= 15 is 0 Å². The highest BCUT2D eigenvalue weighted by atomic mass is 16.5. The molecule has 1 aliphatic rings. The molecule has 116 valence electrons. The molecule has 0 aromatic rings. The molecule has 20 heavy (non-hydrogen) atoms. The fourth-order valence-corrected chi connectivity index (χ4v) is 2.16. The summed E-state index contributed by atoms with van der Waals surface area (Å²) in [5.74, 6) is -0.274. The van der Waals surface area contributed by atoms with Gasteiger partial charge in [-0.1, -0.05) is 19.8 Å². The number of methoxy groups -OCH3 is 1. The van der Waals surface area contributed by atoms with Crippen LogP contribution in [-0.4, -0.2) is 42.9 Å². The molecular formula is C14H26N2O4. The second-order valence-electron chi connectivity index (χ2n) is 5.43. The van der Waals surface area contributed by atoms with Crippen molar-refractivity contribution < 1.29 is 19.4 Å². The number of nitrogens with one attached hydrogen (secondary N) is 2. The number of ether oxygens (including phenoxy) is 1. The van der Waals surface area contributed by atoms with E-state index < -0.39 is 12.0 Å². The van der Waals surface area contributed by atoms with E-state index in [1.165, 1.54) is 12.8 Å². The van der Waals surface area contributed by atoms with Crippen LogP contribution in [0.15, 0.2) is 0 Å². The number of carboxylic acids is 1. The zero-order valence-corrected chi connectivity index (χ0v) is 12.4. The van der Waals surface area contributed by atoms with Crippen molar-refractivity contribution in [2.24, 2.45) is 5.92 Å². The summed E-state index contributed by atoms with van der Waals surface area (Å²) in [4.78, 5) is 22.9. The van der Waals surface area contributed by atoms with Gasteiger partial charge in [0.1, 0.15) is 6.04 Å². The Morgan fingerprint density at radius 1 is 1.35 bits per heavy atom. The van der Waals surface area contributed by atoms with Gasteiger partial charge < -0.3 is 20.5 Å². The lowest BCUT2D eigenvalue weighted by molar-refractivity contribution is -0.139. The van der Waals surface area contributed by atoms with Gasteiger partial charge in [-0.2, -0.15) is 0 Å². The van der Waals surface area contributed by atoms with E-state index in [1.807, 2.05) is 6.92 Å². The molecule has 1 fully saturated rings. The van der Waals surface area contributed by atoms with Gasteiger partial charge in [0.05, 0.1) is 0 Å². The molecule has 0 aliphatic heterocycles. The normalized spacial score (nSPS) is 17.3. The van der Waals surface area contributed by atoms with Crippen molar-refractivity contribution >= 4 is 12.0 Å². The van der Waals surface area contributed by atoms with Gasteiger partial charge in [0, 0.05) is 19.8 Å². The maximum Gasteiger partial charge on any atom is 0.326 e. The van der Waals surface area contributed by atoms with E-state index in [2.05, 4.69) is 10.6 Å². The smallest absolute Gasteiger partial charge is 0.326 e. The van der Waals surface area contributed by atoms with Gasteiger partial charge in [0.25, 0.3) is 0 Å². The first kappa shape index (κ1) is 16.8. The Morgan fingerprint density at radius 2 is 2.05 bits per heavy atom. The van der Waals surface area contributed by atoms with Crippen molar-refractivity contribution in [3.8, 4) is 0 Å². The van der Waals surface area contributed by atoms with Crippen LogP contribution < -0.4 is 10.6 Å². The number of amides is 2. The van der Waals surface area contributed by atoms with E-state index in [1.54, 1.807) is 7.11 Å². The monoisotopic (exact) mass is 286 g/mol. The summed E-state index contributed by atoms with van der Waals surface area (Å²) in [6, 6.07) is -1.11. The van der Waals surface area contributed by atoms with Crippen molar-refractivity contribution in [2.75, 3.05) is 13.7 Å². The molecule has 2 unspecified atom stereocenters. The molecule has 0 bridgehead atoms. The molecular weight excluding hydrogens is 260 g/mol. The molecule has 1 rings (SSSR count). The minimum Gasteiger partial charge on any atom is -0.480 e. The molecule has 2 atom stereocenters. The van der Waals surface area contributed by atoms with Crippen molar-refractivity contribution in [2.45, 2.75) is 57.5 Å². The summed E-state index contributed by atoms with van der Waals surface area (Å²) >= 11 is 0. The van der Waals surface area contributed by atoms with Crippen LogP contribution >= 0.6 is 0 Å². The average molecular weight is 286 g/mol. The van der Waals surface area contributed by atoms with Gasteiger partial charge in [-0.25, -0.2) is 9.59 Å². The molecule has 0 saturated heterocycles. The van der Waals surface area contributed by atoms with Gasteiger partial charge in [-0.15, -0.1) is 0 Å². The first-order valence-corrected chi connectivity index (χ1v) is 7.35. The maximum atomic E-state index is 11.8. The minimum absolute atomic E-state index is 0.135. The zero-order valence-electron chi connectivity index (χ0n) is 12.4. The second kappa shape index (κ2) is 8.79. The predicted molar refractivity (Wildman–Crippen MR) is 75.6 cm³/mol. The highest BCUT2D eigenvalue weighted by Crippen LogP contribution is 2.33. The summed E-state index contributed by atoms with van der Waals surface area (Å²) in [5.41, 5.74) is 0. The Hall–Kier alpha value is -1.30. The molecule has 1 aliphatic carbocycles. The van der Waals surface area contributed by atoms with E-state index in [9.17, 15) is 9.59 Å². The van der Waals surface area contributed by atoms with Crippen LogP contribution in [0.3, 0.4) is 0 Å². The molecule has 0 spiro atoms. The Balaban J connectivity index is 2.33. The topological polar surface area (TPSA) is 87.7 Å². The fraction of sp³-hybridized carbons (Fsp3) is 0.857. The molecule has 6 heteroatoms. The SMILES string of the molecule is CCC(CC1CC1)NC(=O)NC(CCCOC)C(=O)O. The summed E-state index contributed by atoms with van der Waals surface area (Å²) in [6.45, 7) is 2.52. The Bertz CT molecular complexity index is 318. The van der Waals surface area contributed by atoms with E-state index in [0.29, 0.717) is 19.4 Å². The summed E-state index contributed by atoms with van der Waals surface area (Å²) in [5, 5.41) is 14.5. The van der Waals surface area contributed by atoms with Gasteiger partial charge >= 0.3 is 12.0 Å². The number of carbonyl (C=O) groups is 2. The van der Waals surface area contributed by atoms with Crippen LogP contribution in [0.5, 0.6) is 0 Å². The second-order valence-corrected chi connectivity index (χ2v) is 5.43. The number of hydrogen-bond acceptors (Lipinski definition) is 3. The first-order chi connectivity index (χ1) is 9.56. The van der Waals surface area contributed by atoms with E-state index in [-0.39, 0.29) is 12.1 Å². The highest BCUT2D eigenvalue weighted by molar-refractivity contribution is 5.82.